The Morgan fingerprint density at radius 1 is 1.06 bits per heavy atom. The topological polar surface area (TPSA) is 87.3 Å². The maximum absolute atomic E-state index is 15.0. The van der Waals surface area contributed by atoms with E-state index in [9.17, 15) is 18.8 Å². The van der Waals surface area contributed by atoms with Gasteiger partial charge in [-0.3, -0.25) is 14.4 Å². The van der Waals surface area contributed by atoms with Crippen molar-refractivity contribution in [3.05, 3.63) is 71.8 Å². The van der Waals surface area contributed by atoms with E-state index in [1.165, 1.54) is 17.2 Å². The lowest BCUT2D eigenvalue weighted by Crippen LogP contribution is -2.43. The summed E-state index contributed by atoms with van der Waals surface area (Å²) in [5.41, 5.74) is 3.54. The number of hydrogen-bond donors (Lipinski definition) is 3. The van der Waals surface area contributed by atoms with E-state index in [1.54, 1.807) is 6.92 Å². The molecule has 4 rings (SSSR count). The lowest BCUT2D eigenvalue weighted by molar-refractivity contribution is 0.0959. The Kier molecular flexibility index (Phi) is 5.34. The van der Waals surface area contributed by atoms with E-state index >= 15 is 0 Å². The molecule has 1 aliphatic carbocycles. The summed E-state index contributed by atoms with van der Waals surface area (Å²) in [6, 6.07) is 0.873. The van der Waals surface area contributed by atoms with E-state index in [4.69, 9.17) is 0 Å². The first-order chi connectivity index (χ1) is 15.3. The Hall–Kier alpha value is -3.22. The molecule has 0 bridgehead atoms. The molecule has 0 unspecified atom stereocenters. The molecule has 0 radical (unpaired) electrons. The second-order valence-electron chi connectivity index (χ2n) is 10.4. The van der Waals surface area contributed by atoms with Crippen LogP contribution in [0.5, 0.6) is 0 Å². The number of benzene rings is 1. The van der Waals surface area contributed by atoms with Crippen LogP contribution >= 0.6 is 0 Å². The second kappa shape index (κ2) is 7.68. The predicted octanol–water partition coefficient (Wildman–Crippen LogP) is 4.77. The number of anilines is 3. The summed E-state index contributed by atoms with van der Waals surface area (Å²) in [7, 11) is 0. The average Bonchev–Trinajstić information content (AvgIpc) is 3.19. The minimum atomic E-state index is -0.726. The largest absolute Gasteiger partial charge is 0.373 e. The summed E-state index contributed by atoms with van der Waals surface area (Å²) in [5.74, 6) is -1.05. The van der Waals surface area contributed by atoms with Crippen LogP contribution in [0.15, 0.2) is 38.5 Å². The summed E-state index contributed by atoms with van der Waals surface area (Å²) >= 11 is 0. The van der Waals surface area contributed by atoms with E-state index in [0.29, 0.717) is 11.1 Å². The third kappa shape index (κ3) is 3.69. The van der Waals surface area contributed by atoms with Gasteiger partial charge in [0.15, 0.2) is 0 Å². The maximum Gasteiger partial charge on any atom is 0.254 e. The van der Waals surface area contributed by atoms with Crippen LogP contribution < -0.4 is 26.8 Å². The summed E-state index contributed by atoms with van der Waals surface area (Å²) in [6.07, 6.45) is 2.91. The van der Waals surface area contributed by atoms with Crippen LogP contribution in [0.4, 0.5) is 21.5 Å². The van der Waals surface area contributed by atoms with Crippen molar-refractivity contribution in [2.45, 2.75) is 67.0 Å². The quantitative estimate of drug-likeness (QED) is 0.570. The SMILES string of the molecule is CC1=C(C)CC([C@H](Nc2c(Nc3c(F)cc(C)c4c3C(=O)N[C@H]4C)c(=O)c2=O)C(C)(C)C)=C1. The highest BCUT2D eigenvalue weighted by Crippen LogP contribution is 2.39. The van der Waals surface area contributed by atoms with Gasteiger partial charge in [0.2, 0.25) is 0 Å². The molecule has 2 aromatic carbocycles. The summed E-state index contributed by atoms with van der Waals surface area (Å²) in [5, 5.41) is 8.86. The van der Waals surface area contributed by atoms with Crippen molar-refractivity contribution >= 4 is 23.0 Å². The number of aryl methyl sites for hydroxylation is 1. The average molecular weight is 452 g/mol. The van der Waals surface area contributed by atoms with Crippen molar-refractivity contribution in [1.29, 1.82) is 0 Å². The number of rotatable bonds is 5. The fourth-order valence-electron chi connectivity index (χ4n) is 4.91. The first-order valence-corrected chi connectivity index (χ1v) is 11.2. The third-order valence-corrected chi connectivity index (χ3v) is 6.76. The first-order valence-electron chi connectivity index (χ1n) is 11.2. The fraction of sp³-hybridized carbons (Fsp3) is 0.423. The molecule has 33 heavy (non-hydrogen) atoms. The molecule has 2 atom stereocenters. The van der Waals surface area contributed by atoms with Gasteiger partial charge in [-0.1, -0.05) is 38.0 Å². The number of amides is 1. The van der Waals surface area contributed by atoms with E-state index in [0.717, 1.165) is 12.0 Å². The number of carbonyl (C=O) groups is 1. The van der Waals surface area contributed by atoms with Crippen LogP contribution in [0.1, 0.15) is 75.5 Å². The summed E-state index contributed by atoms with van der Waals surface area (Å²) in [4.78, 5) is 37.6. The van der Waals surface area contributed by atoms with Crippen LogP contribution in [-0.4, -0.2) is 11.9 Å². The zero-order chi connectivity index (χ0) is 24.4. The molecule has 0 aromatic heterocycles. The Balaban J connectivity index is 1.73. The first kappa shape index (κ1) is 23.0. The van der Waals surface area contributed by atoms with Crippen molar-refractivity contribution in [2.75, 3.05) is 10.6 Å². The highest BCUT2D eigenvalue weighted by molar-refractivity contribution is 6.05. The number of allylic oxidation sites excluding steroid dienone is 3. The molecule has 7 heteroatoms. The van der Waals surface area contributed by atoms with Crippen molar-refractivity contribution in [3.8, 4) is 0 Å². The Labute approximate surface area is 192 Å². The van der Waals surface area contributed by atoms with Crippen molar-refractivity contribution in [1.82, 2.24) is 5.32 Å². The molecule has 0 spiro atoms. The Morgan fingerprint density at radius 2 is 1.70 bits per heavy atom. The number of nitrogens with one attached hydrogen (secondary N) is 3. The minimum Gasteiger partial charge on any atom is -0.373 e. The highest BCUT2D eigenvalue weighted by atomic mass is 19.1. The van der Waals surface area contributed by atoms with Crippen molar-refractivity contribution < 1.29 is 9.18 Å². The third-order valence-electron chi connectivity index (χ3n) is 6.76. The van der Waals surface area contributed by atoms with Gasteiger partial charge in [-0.25, -0.2) is 4.39 Å². The van der Waals surface area contributed by atoms with E-state index in [1.807, 2.05) is 6.92 Å². The maximum atomic E-state index is 15.0. The minimum absolute atomic E-state index is 0.00782. The van der Waals surface area contributed by atoms with Crippen LogP contribution in [0, 0.1) is 18.2 Å². The molecular weight excluding hydrogens is 421 g/mol. The van der Waals surface area contributed by atoms with Crippen LogP contribution in [0.25, 0.3) is 0 Å². The van der Waals surface area contributed by atoms with Crippen molar-refractivity contribution in [2.24, 2.45) is 5.41 Å². The molecular formula is C26H30FN3O3. The lowest BCUT2D eigenvalue weighted by atomic mass is 9.81. The smallest absolute Gasteiger partial charge is 0.254 e. The van der Waals surface area contributed by atoms with Gasteiger partial charge in [0.25, 0.3) is 16.8 Å². The lowest BCUT2D eigenvalue weighted by Gasteiger charge is -2.34. The molecule has 1 heterocycles. The molecule has 0 saturated heterocycles. The van der Waals surface area contributed by atoms with Gasteiger partial charge in [-0.15, -0.1) is 0 Å². The highest BCUT2D eigenvalue weighted by Gasteiger charge is 2.36. The second-order valence-corrected chi connectivity index (χ2v) is 10.4. The van der Waals surface area contributed by atoms with Gasteiger partial charge >= 0.3 is 0 Å². The predicted molar refractivity (Wildman–Crippen MR) is 130 cm³/mol. The van der Waals surface area contributed by atoms with Crippen molar-refractivity contribution in [3.63, 3.8) is 0 Å². The zero-order valence-corrected chi connectivity index (χ0v) is 20.1. The van der Waals surface area contributed by atoms with E-state index in [-0.39, 0.29) is 40.1 Å². The van der Waals surface area contributed by atoms with Gasteiger partial charge < -0.3 is 16.0 Å². The van der Waals surface area contributed by atoms with Gasteiger partial charge in [0.1, 0.15) is 17.2 Å². The molecule has 2 aliphatic rings. The number of fused-ring (bicyclic) bond motifs is 1. The number of halogens is 1. The molecule has 0 saturated carbocycles. The molecule has 1 amide bonds. The molecule has 3 N–H and O–H groups in total. The monoisotopic (exact) mass is 451 g/mol. The summed E-state index contributed by atoms with van der Waals surface area (Å²) < 4.78 is 15.0. The van der Waals surface area contributed by atoms with Gasteiger partial charge in [-0.2, -0.15) is 0 Å². The molecule has 1 aliphatic heterocycles. The van der Waals surface area contributed by atoms with E-state index < -0.39 is 22.6 Å². The molecule has 0 fully saturated rings. The Bertz CT molecular complexity index is 1320. The van der Waals surface area contributed by atoms with Gasteiger partial charge in [0.05, 0.1) is 23.3 Å². The number of hydrogen-bond acceptors (Lipinski definition) is 5. The standard InChI is InChI=1S/C26H30FN3O3/c1-11-8-15(9-12(11)2)24(26(5,6)7)30-21-20(22(31)23(21)32)29-19-16(27)10-13(3)17-14(4)28-25(33)18(17)19/h8,10,14,24,29-30H,9H2,1-7H3,(H,28,33)/t14-,24-/m0/s1. The Morgan fingerprint density at radius 3 is 2.27 bits per heavy atom. The van der Waals surface area contributed by atoms with Gasteiger partial charge in [0, 0.05) is 0 Å². The van der Waals surface area contributed by atoms with Crippen LogP contribution in [0.2, 0.25) is 0 Å². The fourth-order valence-corrected chi connectivity index (χ4v) is 4.91. The van der Waals surface area contributed by atoms with Crippen LogP contribution in [-0.2, 0) is 0 Å². The number of carbonyl (C=O) groups excluding carboxylic acids is 1. The van der Waals surface area contributed by atoms with E-state index in [2.05, 4.69) is 56.6 Å². The molecule has 2 aromatic rings. The zero-order valence-electron chi connectivity index (χ0n) is 20.1. The summed E-state index contributed by atoms with van der Waals surface area (Å²) in [6.45, 7) is 13.9. The molecule has 174 valence electrons. The van der Waals surface area contributed by atoms with Crippen LogP contribution in [0.3, 0.4) is 0 Å². The normalized spacial score (nSPS) is 19.0. The van der Waals surface area contributed by atoms with Gasteiger partial charge in [-0.05, 0) is 62.3 Å². The molecule has 6 nitrogen and oxygen atoms in total.